The lowest BCUT2D eigenvalue weighted by molar-refractivity contribution is -0.153. The third-order valence-corrected chi connectivity index (χ3v) is 4.13. The van der Waals surface area contributed by atoms with Crippen molar-refractivity contribution in [2.45, 2.75) is 6.42 Å². The number of amides is 2. The van der Waals surface area contributed by atoms with Crippen molar-refractivity contribution in [3.8, 4) is 5.75 Å². The highest BCUT2D eigenvalue weighted by atomic mass is 35.5. The van der Waals surface area contributed by atoms with Crippen molar-refractivity contribution >= 4 is 29.4 Å². The van der Waals surface area contributed by atoms with Gasteiger partial charge in [-0.05, 0) is 42.3 Å². The van der Waals surface area contributed by atoms with E-state index in [2.05, 4.69) is 5.32 Å². The number of halogens is 1. The molecule has 0 spiro atoms. The minimum Gasteiger partial charge on any atom is -0.492 e. The van der Waals surface area contributed by atoms with E-state index in [4.69, 9.17) is 21.1 Å². The molecule has 2 aromatic rings. The van der Waals surface area contributed by atoms with Crippen molar-refractivity contribution in [1.29, 1.82) is 0 Å². The smallest absolute Gasteiger partial charge is 0.313 e. The van der Waals surface area contributed by atoms with E-state index in [-0.39, 0.29) is 6.61 Å². The monoisotopic (exact) mass is 373 g/mol. The Morgan fingerprint density at radius 2 is 1.92 bits per heavy atom. The molecule has 1 aliphatic rings. The number of fused-ring (bicyclic) bond motifs is 1. The number of rotatable bonds is 4. The molecule has 1 heterocycles. The normalized spacial score (nSPS) is 15.3. The van der Waals surface area contributed by atoms with Gasteiger partial charge in [-0.25, -0.2) is 0 Å². The predicted octanol–water partition coefficient (Wildman–Crippen LogP) is 2.39. The SMILES string of the molecule is O=C(COC(=O)C1COc2ccc(Cl)cc2C1)NC(=O)c1ccccc1. The van der Waals surface area contributed by atoms with Crippen LogP contribution >= 0.6 is 11.6 Å². The second-order valence-electron chi connectivity index (χ2n) is 5.82. The number of benzene rings is 2. The number of carbonyl (C=O) groups excluding carboxylic acids is 3. The van der Waals surface area contributed by atoms with Crippen LogP contribution in [-0.2, 0) is 20.7 Å². The van der Waals surface area contributed by atoms with Gasteiger partial charge in [-0.3, -0.25) is 19.7 Å². The average molecular weight is 374 g/mol. The zero-order chi connectivity index (χ0) is 18.5. The van der Waals surface area contributed by atoms with Crippen molar-refractivity contribution in [2.75, 3.05) is 13.2 Å². The Morgan fingerprint density at radius 1 is 1.15 bits per heavy atom. The topological polar surface area (TPSA) is 81.7 Å². The van der Waals surface area contributed by atoms with Crippen LogP contribution in [0.15, 0.2) is 48.5 Å². The summed E-state index contributed by atoms with van der Waals surface area (Å²) in [5.41, 5.74) is 1.16. The maximum Gasteiger partial charge on any atom is 0.313 e. The van der Waals surface area contributed by atoms with Gasteiger partial charge in [0.15, 0.2) is 6.61 Å². The summed E-state index contributed by atoms with van der Waals surface area (Å²) in [6.45, 7) is -0.367. The van der Waals surface area contributed by atoms with Gasteiger partial charge >= 0.3 is 5.97 Å². The molecule has 2 aromatic carbocycles. The summed E-state index contributed by atoms with van der Waals surface area (Å²) in [6, 6.07) is 13.5. The number of carbonyl (C=O) groups is 3. The predicted molar refractivity (Wildman–Crippen MR) is 94.0 cm³/mol. The minimum absolute atomic E-state index is 0.165. The second-order valence-corrected chi connectivity index (χ2v) is 6.25. The summed E-state index contributed by atoms with van der Waals surface area (Å²) in [7, 11) is 0. The maximum absolute atomic E-state index is 12.2. The van der Waals surface area contributed by atoms with E-state index in [1.165, 1.54) is 0 Å². The van der Waals surface area contributed by atoms with Gasteiger partial charge in [0.25, 0.3) is 11.8 Å². The molecule has 7 heteroatoms. The molecule has 0 bridgehead atoms. The van der Waals surface area contributed by atoms with Crippen molar-refractivity contribution in [2.24, 2.45) is 5.92 Å². The van der Waals surface area contributed by atoms with E-state index in [1.807, 2.05) is 0 Å². The number of nitrogens with one attached hydrogen (secondary N) is 1. The van der Waals surface area contributed by atoms with Gasteiger partial charge in [0, 0.05) is 10.6 Å². The van der Waals surface area contributed by atoms with Gasteiger partial charge in [0.2, 0.25) is 0 Å². The van der Waals surface area contributed by atoms with E-state index >= 15 is 0 Å². The van der Waals surface area contributed by atoms with Crippen LogP contribution in [0.2, 0.25) is 5.02 Å². The molecule has 2 amide bonds. The summed E-state index contributed by atoms with van der Waals surface area (Å²) in [4.78, 5) is 35.8. The van der Waals surface area contributed by atoms with E-state index < -0.39 is 30.3 Å². The summed E-state index contributed by atoms with van der Waals surface area (Å²) in [5, 5.41) is 2.73. The fourth-order valence-electron chi connectivity index (χ4n) is 2.59. The lowest BCUT2D eigenvalue weighted by Crippen LogP contribution is -2.36. The fourth-order valence-corrected chi connectivity index (χ4v) is 2.79. The molecule has 0 aromatic heterocycles. The molecule has 1 unspecified atom stereocenters. The standard InChI is InChI=1S/C19H16ClNO5/c20-15-6-7-16-13(9-15)8-14(10-25-16)19(24)26-11-17(22)21-18(23)12-4-2-1-3-5-12/h1-7,9,14H,8,10-11H2,(H,21,22,23). The largest absolute Gasteiger partial charge is 0.492 e. The minimum atomic E-state index is -0.688. The van der Waals surface area contributed by atoms with Crippen LogP contribution in [0.25, 0.3) is 0 Å². The Kier molecular flexibility index (Phi) is 5.53. The second kappa shape index (κ2) is 8.01. The summed E-state index contributed by atoms with van der Waals surface area (Å²) >= 11 is 5.95. The zero-order valence-electron chi connectivity index (χ0n) is 13.7. The molecule has 0 fully saturated rings. The van der Waals surface area contributed by atoms with Crippen molar-refractivity contribution < 1.29 is 23.9 Å². The number of hydrogen-bond acceptors (Lipinski definition) is 5. The fraction of sp³-hybridized carbons (Fsp3) is 0.211. The molecule has 134 valence electrons. The van der Waals surface area contributed by atoms with Gasteiger partial charge < -0.3 is 9.47 Å². The van der Waals surface area contributed by atoms with Crippen molar-refractivity contribution in [3.63, 3.8) is 0 Å². The molecule has 0 saturated carbocycles. The van der Waals surface area contributed by atoms with E-state index in [0.29, 0.717) is 22.8 Å². The average Bonchev–Trinajstić information content (AvgIpc) is 2.66. The molecule has 1 atom stereocenters. The first-order chi connectivity index (χ1) is 12.5. The maximum atomic E-state index is 12.2. The molecule has 6 nitrogen and oxygen atoms in total. The van der Waals surface area contributed by atoms with Crippen LogP contribution in [0.3, 0.4) is 0 Å². The Balaban J connectivity index is 1.50. The van der Waals surface area contributed by atoms with Gasteiger partial charge in [-0.2, -0.15) is 0 Å². The number of imide groups is 1. The molecular weight excluding hydrogens is 358 g/mol. The Hall–Kier alpha value is -2.86. The Morgan fingerprint density at radius 3 is 2.69 bits per heavy atom. The highest BCUT2D eigenvalue weighted by Crippen LogP contribution is 2.30. The summed E-state index contributed by atoms with van der Waals surface area (Å²) in [6.07, 6.45) is 0.416. The zero-order valence-corrected chi connectivity index (χ0v) is 14.5. The molecule has 1 aliphatic heterocycles. The van der Waals surface area contributed by atoms with Crippen LogP contribution in [0, 0.1) is 5.92 Å². The van der Waals surface area contributed by atoms with Gasteiger partial charge in [-0.15, -0.1) is 0 Å². The van der Waals surface area contributed by atoms with E-state index in [1.54, 1.807) is 48.5 Å². The van der Waals surface area contributed by atoms with Crippen LogP contribution in [0.1, 0.15) is 15.9 Å². The highest BCUT2D eigenvalue weighted by Gasteiger charge is 2.28. The lowest BCUT2D eigenvalue weighted by atomic mass is 9.97. The lowest BCUT2D eigenvalue weighted by Gasteiger charge is -2.24. The molecule has 0 saturated heterocycles. The highest BCUT2D eigenvalue weighted by molar-refractivity contribution is 6.30. The van der Waals surface area contributed by atoms with Gasteiger partial charge in [0.05, 0.1) is 5.92 Å². The van der Waals surface area contributed by atoms with Crippen LogP contribution < -0.4 is 10.1 Å². The number of esters is 1. The number of hydrogen-bond donors (Lipinski definition) is 1. The van der Waals surface area contributed by atoms with Crippen LogP contribution in [0.5, 0.6) is 5.75 Å². The Labute approximate surface area is 155 Å². The summed E-state index contributed by atoms with van der Waals surface area (Å²) in [5.74, 6) is -1.63. The van der Waals surface area contributed by atoms with Gasteiger partial charge in [-0.1, -0.05) is 29.8 Å². The quantitative estimate of drug-likeness (QED) is 0.832. The summed E-state index contributed by atoms with van der Waals surface area (Å²) < 4.78 is 10.5. The van der Waals surface area contributed by atoms with E-state index in [0.717, 1.165) is 5.56 Å². The first-order valence-electron chi connectivity index (χ1n) is 8.00. The van der Waals surface area contributed by atoms with Crippen molar-refractivity contribution in [1.82, 2.24) is 5.32 Å². The third kappa shape index (κ3) is 4.40. The van der Waals surface area contributed by atoms with Gasteiger partial charge in [0.1, 0.15) is 12.4 Å². The molecule has 0 radical (unpaired) electrons. The van der Waals surface area contributed by atoms with Crippen LogP contribution in [-0.4, -0.2) is 31.0 Å². The third-order valence-electron chi connectivity index (χ3n) is 3.90. The molecule has 1 N–H and O–H groups in total. The molecular formula is C19H16ClNO5. The first kappa shape index (κ1) is 17.9. The molecule has 26 heavy (non-hydrogen) atoms. The number of ether oxygens (including phenoxy) is 2. The first-order valence-corrected chi connectivity index (χ1v) is 8.38. The van der Waals surface area contributed by atoms with Crippen LogP contribution in [0.4, 0.5) is 0 Å². The van der Waals surface area contributed by atoms with E-state index in [9.17, 15) is 14.4 Å². The molecule has 3 rings (SSSR count). The van der Waals surface area contributed by atoms with Crippen molar-refractivity contribution in [3.05, 3.63) is 64.7 Å². The molecule has 0 aliphatic carbocycles. The Bertz CT molecular complexity index is 837.